The predicted molar refractivity (Wildman–Crippen MR) is 74.4 cm³/mol. The molecule has 4 nitrogen and oxygen atoms in total. The van der Waals surface area contributed by atoms with Gasteiger partial charge in [-0.3, -0.25) is 0 Å². The molecule has 1 aromatic rings. The third-order valence-electron chi connectivity index (χ3n) is 3.14. The molecule has 2 atom stereocenters. The zero-order chi connectivity index (χ0) is 13.7. The molecule has 0 bridgehead atoms. The van der Waals surface area contributed by atoms with Gasteiger partial charge in [-0.2, -0.15) is 0 Å². The molecule has 0 spiro atoms. The maximum atomic E-state index is 10.2. The Morgan fingerprint density at radius 2 is 2.32 bits per heavy atom. The molecule has 1 heterocycles. The average Bonchev–Trinajstić information content (AvgIpc) is 2.88. The number of rotatable bonds is 6. The van der Waals surface area contributed by atoms with Gasteiger partial charge >= 0.3 is 0 Å². The van der Waals surface area contributed by atoms with Gasteiger partial charge in [0.05, 0.1) is 18.8 Å². The van der Waals surface area contributed by atoms with Crippen molar-refractivity contribution in [3.63, 3.8) is 0 Å². The van der Waals surface area contributed by atoms with Crippen molar-refractivity contribution >= 4 is 0 Å². The Kier molecular flexibility index (Phi) is 5.19. The molecule has 106 valence electrons. The third-order valence-corrected chi connectivity index (χ3v) is 3.14. The molecule has 4 heteroatoms. The summed E-state index contributed by atoms with van der Waals surface area (Å²) in [5, 5.41) is 13.5. The van der Waals surface area contributed by atoms with Gasteiger partial charge in [0.1, 0.15) is 5.75 Å². The number of hydrogen-bond donors (Lipinski definition) is 2. The van der Waals surface area contributed by atoms with Gasteiger partial charge < -0.3 is 19.9 Å². The molecular formula is C15H23NO3. The first-order chi connectivity index (χ1) is 9.15. The van der Waals surface area contributed by atoms with Crippen LogP contribution in [0.15, 0.2) is 24.3 Å². The number of nitrogens with one attached hydrogen (secondary N) is 1. The SMILES string of the molecule is CC(C)Oc1cccc(C(O)CNC2CCOC2)c1. The summed E-state index contributed by atoms with van der Waals surface area (Å²) in [6, 6.07) is 8.01. The van der Waals surface area contributed by atoms with Gasteiger partial charge in [0, 0.05) is 19.2 Å². The van der Waals surface area contributed by atoms with E-state index in [1.807, 2.05) is 38.1 Å². The summed E-state index contributed by atoms with van der Waals surface area (Å²) < 4.78 is 10.9. The zero-order valence-electron chi connectivity index (χ0n) is 11.6. The van der Waals surface area contributed by atoms with Crippen LogP contribution in [0.1, 0.15) is 31.9 Å². The quantitative estimate of drug-likeness (QED) is 0.824. The molecule has 0 aromatic heterocycles. The summed E-state index contributed by atoms with van der Waals surface area (Å²) in [6.07, 6.45) is 0.640. The number of ether oxygens (including phenoxy) is 2. The molecule has 1 aliphatic heterocycles. The first-order valence-electron chi connectivity index (χ1n) is 6.91. The number of hydrogen-bond acceptors (Lipinski definition) is 4. The monoisotopic (exact) mass is 265 g/mol. The minimum Gasteiger partial charge on any atom is -0.491 e. The van der Waals surface area contributed by atoms with E-state index in [1.54, 1.807) is 0 Å². The summed E-state index contributed by atoms with van der Waals surface area (Å²) >= 11 is 0. The van der Waals surface area contributed by atoms with E-state index in [4.69, 9.17) is 9.47 Å². The Morgan fingerprint density at radius 1 is 1.47 bits per heavy atom. The number of benzene rings is 1. The van der Waals surface area contributed by atoms with Gasteiger partial charge in [-0.1, -0.05) is 12.1 Å². The van der Waals surface area contributed by atoms with Crippen LogP contribution in [0.2, 0.25) is 0 Å². The van der Waals surface area contributed by atoms with Crippen LogP contribution >= 0.6 is 0 Å². The van der Waals surface area contributed by atoms with E-state index in [0.29, 0.717) is 12.6 Å². The second-order valence-corrected chi connectivity index (χ2v) is 5.22. The van der Waals surface area contributed by atoms with E-state index in [0.717, 1.165) is 30.9 Å². The second kappa shape index (κ2) is 6.89. The number of aliphatic hydroxyl groups excluding tert-OH is 1. The Morgan fingerprint density at radius 3 is 3.00 bits per heavy atom. The standard InChI is InChI=1S/C15H23NO3/c1-11(2)19-14-5-3-4-12(8-14)15(17)9-16-13-6-7-18-10-13/h3-5,8,11,13,15-17H,6-7,9-10H2,1-2H3. The highest BCUT2D eigenvalue weighted by Gasteiger charge is 2.17. The topological polar surface area (TPSA) is 50.7 Å². The van der Waals surface area contributed by atoms with Gasteiger partial charge in [0.2, 0.25) is 0 Å². The van der Waals surface area contributed by atoms with Crippen LogP contribution in [0, 0.1) is 0 Å². The largest absolute Gasteiger partial charge is 0.491 e. The maximum Gasteiger partial charge on any atom is 0.120 e. The zero-order valence-corrected chi connectivity index (χ0v) is 11.6. The molecular weight excluding hydrogens is 242 g/mol. The van der Waals surface area contributed by atoms with E-state index in [2.05, 4.69) is 5.32 Å². The van der Waals surface area contributed by atoms with Crippen LogP contribution in [0.4, 0.5) is 0 Å². The molecule has 0 saturated carbocycles. The van der Waals surface area contributed by atoms with Crippen molar-refractivity contribution in [3.8, 4) is 5.75 Å². The normalized spacial score (nSPS) is 20.7. The van der Waals surface area contributed by atoms with Crippen molar-refractivity contribution in [2.24, 2.45) is 0 Å². The molecule has 1 aromatic carbocycles. The van der Waals surface area contributed by atoms with Gasteiger partial charge in [0.15, 0.2) is 0 Å². The molecule has 2 N–H and O–H groups in total. The van der Waals surface area contributed by atoms with Crippen molar-refractivity contribution < 1.29 is 14.6 Å². The molecule has 0 radical (unpaired) electrons. The summed E-state index contributed by atoms with van der Waals surface area (Å²) in [6.45, 7) is 6.07. The highest BCUT2D eigenvalue weighted by Crippen LogP contribution is 2.20. The predicted octanol–water partition coefficient (Wildman–Crippen LogP) is 1.89. The van der Waals surface area contributed by atoms with Crippen molar-refractivity contribution in [2.75, 3.05) is 19.8 Å². The van der Waals surface area contributed by atoms with Crippen molar-refractivity contribution in [1.29, 1.82) is 0 Å². The summed E-state index contributed by atoms with van der Waals surface area (Å²) in [5.41, 5.74) is 0.879. The Balaban J connectivity index is 1.88. The fourth-order valence-corrected chi connectivity index (χ4v) is 2.16. The minimum absolute atomic E-state index is 0.140. The molecule has 1 aliphatic rings. The van der Waals surface area contributed by atoms with E-state index < -0.39 is 6.10 Å². The average molecular weight is 265 g/mol. The lowest BCUT2D eigenvalue weighted by molar-refractivity contribution is 0.160. The number of aliphatic hydroxyl groups is 1. The van der Waals surface area contributed by atoms with Crippen molar-refractivity contribution in [3.05, 3.63) is 29.8 Å². The highest BCUT2D eigenvalue weighted by molar-refractivity contribution is 5.30. The minimum atomic E-state index is -0.517. The van der Waals surface area contributed by atoms with Gasteiger partial charge in [-0.05, 0) is 38.0 Å². The van der Waals surface area contributed by atoms with E-state index in [1.165, 1.54) is 0 Å². The first-order valence-corrected chi connectivity index (χ1v) is 6.91. The molecule has 0 amide bonds. The van der Waals surface area contributed by atoms with E-state index in [-0.39, 0.29) is 6.10 Å². The van der Waals surface area contributed by atoms with E-state index in [9.17, 15) is 5.11 Å². The van der Waals surface area contributed by atoms with Crippen molar-refractivity contribution in [2.45, 2.75) is 38.5 Å². The molecule has 0 aliphatic carbocycles. The van der Waals surface area contributed by atoms with Crippen molar-refractivity contribution in [1.82, 2.24) is 5.32 Å². The second-order valence-electron chi connectivity index (χ2n) is 5.22. The Hall–Kier alpha value is -1.10. The first kappa shape index (κ1) is 14.3. The molecule has 19 heavy (non-hydrogen) atoms. The van der Waals surface area contributed by atoms with Crippen LogP contribution < -0.4 is 10.1 Å². The van der Waals surface area contributed by atoms with Crippen LogP contribution in [-0.2, 0) is 4.74 Å². The molecule has 2 rings (SSSR count). The molecule has 2 unspecified atom stereocenters. The molecule has 1 saturated heterocycles. The highest BCUT2D eigenvalue weighted by atomic mass is 16.5. The lowest BCUT2D eigenvalue weighted by Crippen LogP contribution is -2.32. The summed E-state index contributed by atoms with van der Waals surface area (Å²) in [5.74, 6) is 0.802. The fraction of sp³-hybridized carbons (Fsp3) is 0.600. The van der Waals surface area contributed by atoms with Crippen LogP contribution in [0.3, 0.4) is 0 Å². The lowest BCUT2D eigenvalue weighted by atomic mass is 10.1. The van der Waals surface area contributed by atoms with Gasteiger partial charge in [0.25, 0.3) is 0 Å². The van der Waals surface area contributed by atoms with E-state index >= 15 is 0 Å². The van der Waals surface area contributed by atoms with Gasteiger partial charge in [-0.15, -0.1) is 0 Å². The lowest BCUT2D eigenvalue weighted by Gasteiger charge is -2.17. The van der Waals surface area contributed by atoms with Crippen LogP contribution in [0.5, 0.6) is 5.75 Å². The smallest absolute Gasteiger partial charge is 0.120 e. The van der Waals surface area contributed by atoms with Gasteiger partial charge in [-0.25, -0.2) is 0 Å². The third kappa shape index (κ3) is 4.49. The Bertz CT molecular complexity index is 389. The summed E-state index contributed by atoms with van der Waals surface area (Å²) in [4.78, 5) is 0. The fourth-order valence-electron chi connectivity index (χ4n) is 2.16. The van der Waals surface area contributed by atoms with Crippen LogP contribution in [-0.4, -0.2) is 37.0 Å². The molecule has 1 fully saturated rings. The maximum absolute atomic E-state index is 10.2. The summed E-state index contributed by atoms with van der Waals surface area (Å²) in [7, 11) is 0. The van der Waals surface area contributed by atoms with Crippen LogP contribution in [0.25, 0.3) is 0 Å². The Labute approximate surface area is 114 Å².